The van der Waals surface area contributed by atoms with E-state index >= 15 is 0 Å². The predicted molar refractivity (Wildman–Crippen MR) is 83.7 cm³/mol. The molecule has 0 spiro atoms. The van der Waals surface area contributed by atoms with E-state index in [4.69, 9.17) is 4.74 Å². The maximum atomic E-state index is 11.3. The van der Waals surface area contributed by atoms with Crippen LogP contribution in [0.1, 0.15) is 90.9 Å². The fraction of sp³-hybridized carbons (Fsp3) is 0.941. The number of hydrogen-bond donors (Lipinski definition) is 1. The lowest BCUT2D eigenvalue weighted by Crippen LogP contribution is -2.15. The SMILES string of the molecule is CCCCCCCCCCCCOC(=O)CC(O)CC. The summed E-state index contributed by atoms with van der Waals surface area (Å²) in [5.74, 6) is -0.268. The van der Waals surface area contributed by atoms with Crippen LogP contribution in [0.2, 0.25) is 0 Å². The van der Waals surface area contributed by atoms with Gasteiger partial charge in [-0.2, -0.15) is 0 Å². The molecule has 0 amide bonds. The Kier molecular flexibility index (Phi) is 14.4. The van der Waals surface area contributed by atoms with E-state index in [-0.39, 0.29) is 12.4 Å². The summed E-state index contributed by atoms with van der Waals surface area (Å²) >= 11 is 0. The fourth-order valence-corrected chi connectivity index (χ4v) is 2.17. The Morgan fingerprint density at radius 1 is 0.900 bits per heavy atom. The van der Waals surface area contributed by atoms with E-state index in [0.717, 1.165) is 12.8 Å². The van der Waals surface area contributed by atoms with Crippen LogP contribution in [0.4, 0.5) is 0 Å². The summed E-state index contributed by atoms with van der Waals surface area (Å²) in [6.07, 6.45) is 13.0. The summed E-state index contributed by atoms with van der Waals surface area (Å²) in [7, 11) is 0. The number of aliphatic hydroxyl groups is 1. The molecule has 0 radical (unpaired) electrons. The number of aliphatic hydroxyl groups excluding tert-OH is 1. The molecule has 0 aliphatic rings. The van der Waals surface area contributed by atoms with Crippen LogP contribution in [-0.2, 0) is 9.53 Å². The van der Waals surface area contributed by atoms with Gasteiger partial charge in [-0.1, -0.05) is 71.6 Å². The zero-order chi connectivity index (χ0) is 15.1. The molecule has 0 aromatic rings. The number of rotatable bonds is 14. The summed E-state index contributed by atoms with van der Waals surface area (Å²) in [5.41, 5.74) is 0. The first-order valence-corrected chi connectivity index (χ1v) is 8.54. The first-order chi connectivity index (χ1) is 9.70. The summed E-state index contributed by atoms with van der Waals surface area (Å²) in [6, 6.07) is 0. The molecule has 0 fully saturated rings. The average molecular weight is 286 g/mol. The molecule has 0 aromatic heterocycles. The highest BCUT2D eigenvalue weighted by molar-refractivity contribution is 5.69. The van der Waals surface area contributed by atoms with Crippen LogP contribution in [0.3, 0.4) is 0 Å². The Bertz CT molecular complexity index is 216. The molecule has 20 heavy (non-hydrogen) atoms. The summed E-state index contributed by atoms with van der Waals surface area (Å²) in [6.45, 7) is 4.61. The number of carbonyl (C=O) groups excluding carboxylic acids is 1. The molecule has 120 valence electrons. The molecular weight excluding hydrogens is 252 g/mol. The van der Waals surface area contributed by atoms with Gasteiger partial charge in [-0.25, -0.2) is 0 Å². The summed E-state index contributed by atoms with van der Waals surface area (Å²) in [5, 5.41) is 9.30. The minimum Gasteiger partial charge on any atom is -0.466 e. The molecule has 0 aliphatic carbocycles. The Balaban J connectivity index is 3.14. The van der Waals surface area contributed by atoms with Gasteiger partial charge >= 0.3 is 5.97 Å². The van der Waals surface area contributed by atoms with Crippen molar-refractivity contribution in [2.45, 2.75) is 97.0 Å². The van der Waals surface area contributed by atoms with Crippen molar-refractivity contribution in [3.63, 3.8) is 0 Å². The lowest BCUT2D eigenvalue weighted by atomic mass is 10.1. The minimum atomic E-state index is -0.546. The van der Waals surface area contributed by atoms with Crippen molar-refractivity contribution < 1.29 is 14.6 Å². The van der Waals surface area contributed by atoms with Gasteiger partial charge in [0.05, 0.1) is 19.1 Å². The van der Waals surface area contributed by atoms with Crippen LogP contribution in [0, 0.1) is 0 Å². The van der Waals surface area contributed by atoms with Crippen molar-refractivity contribution in [2.24, 2.45) is 0 Å². The van der Waals surface area contributed by atoms with E-state index < -0.39 is 6.10 Å². The fourth-order valence-electron chi connectivity index (χ4n) is 2.17. The second-order valence-electron chi connectivity index (χ2n) is 5.67. The van der Waals surface area contributed by atoms with Gasteiger partial charge in [0, 0.05) is 0 Å². The number of ether oxygens (including phenoxy) is 1. The molecule has 0 saturated carbocycles. The van der Waals surface area contributed by atoms with Crippen molar-refractivity contribution in [2.75, 3.05) is 6.61 Å². The van der Waals surface area contributed by atoms with Crippen molar-refractivity contribution in [3.8, 4) is 0 Å². The highest BCUT2D eigenvalue weighted by Crippen LogP contribution is 2.10. The molecule has 3 heteroatoms. The lowest BCUT2D eigenvalue weighted by molar-refractivity contribution is -0.146. The minimum absolute atomic E-state index is 0.133. The zero-order valence-electron chi connectivity index (χ0n) is 13.5. The number of esters is 1. The van der Waals surface area contributed by atoms with Gasteiger partial charge in [0.2, 0.25) is 0 Å². The highest BCUT2D eigenvalue weighted by atomic mass is 16.5. The lowest BCUT2D eigenvalue weighted by Gasteiger charge is -2.08. The van der Waals surface area contributed by atoms with E-state index in [1.807, 2.05) is 6.92 Å². The van der Waals surface area contributed by atoms with Crippen molar-refractivity contribution in [1.82, 2.24) is 0 Å². The smallest absolute Gasteiger partial charge is 0.308 e. The van der Waals surface area contributed by atoms with Gasteiger partial charge in [-0.3, -0.25) is 4.79 Å². The molecule has 0 bridgehead atoms. The third-order valence-corrected chi connectivity index (χ3v) is 3.63. The summed E-state index contributed by atoms with van der Waals surface area (Å²) < 4.78 is 5.09. The molecule has 0 rings (SSSR count). The molecule has 0 saturated heterocycles. The number of unbranched alkanes of at least 4 members (excludes halogenated alkanes) is 9. The maximum absolute atomic E-state index is 11.3. The molecule has 1 atom stereocenters. The topological polar surface area (TPSA) is 46.5 Å². The third-order valence-electron chi connectivity index (χ3n) is 3.63. The van der Waals surface area contributed by atoms with Crippen LogP contribution < -0.4 is 0 Å². The Morgan fingerprint density at radius 2 is 1.40 bits per heavy atom. The number of hydrogen-bond acceptors (Lipinski definition) is 3. The van der Waals surface area contributed by atoms with E-state index in [1.54, 1.807) is 0 Å². The van der Waals surface area contributed by atoms with Crippen molar-refractivity contribution in [3.05, 3.63) is 0 Å². The second kappa shape index (κ2) is 14.8. The van der Waals surface area contributed by atoms with Gasteiger partial charge in [0.1, 0.15) is 0 Å². The monoisotopic (exact) mass is 286 g/mol. The molecule has 3 nitrogen and oxygen atoms in total. The largest absolute Gasteiger partial charge is 0.466 e. The zero-order valence-corrected chi connectivity index (χ0v) is 13.5. The first-order valence-electron chi connectivity index (χ1n) is 8.54. The Labute approximate surface area is 125 Å². The van der Waals surface area contributed by atoms with Gasteiger partial charge in [0.25, 0.3) is 0 Å². The van der Waals surface area contributed by atoms with E-state index in [2.05, 4.69) is 6.92 Å². The van der Waals surface area contributed by atoms with E-state index in [0.29, 0.717) is 13.0 Å². The van der Waals surface area contributed by atoms with Crippen LogP contribution in [0.15, 0.2) is 0 Å². The predicted octanol–water partition coefficient (Wildman–Crippen LogP) is 4.61. The molecule has 0 aliphatic heterocycles. The highest BCUT2D eigenvalue weighted by Gasteiger charge is 2.09. The van der Waals surface area contributed by atoms with Crippen molar-refractivity contribution in [1.29, 1.82) is 0 Å². The quantitative estimate of drug-likeness (QED) is 0.374. The maximum Gasteiger partial charge on any atom is 0.308 e. The van der Waals surface area contributed by atoms with E-state index in [9.17, 15) is 9.90 Å². The molecule has 1 N–H and O–H groups in total. The molecular formula is C17H34O3. The van der Waals surface area contributed by atoms with Gasteiger partial charge in [0.15, 0.2) is 0 Å². The van der Waals surface area contributed by atoms with Gasteiger partial charge < -0.3 is 9.84 Å². The Morgan fingerprint density at radius 3 is 1.90 bits per heavy atom. The van der Waals surface area contributed by atoms with Crippen LogP contribution in [0.25, 0.3) is 0 Å². The van der Waals surface area contributed by atoms with Gasteiger partial charge in [-0.05, 0) is 12.8 Å². The van der Waals surface area contributed by atoms with Crippen LogP contribution in [-0.4, -0.2) is 23.8 Å². The van der Waals surface area contributed by atoms with Crippen LogP contribution in [0.5, 0.6) is 0 Å². The van der Waals surface area contributed by atoms with Crippen LogP contribution >= 0.6 is 0 Å². The normalized spacial score (nSPS) is 12.3. The standard InChI is InChI=1S/C17H34O3/c1-3-5-6-7-8-9-10-11-12-13-14-20-17(19)15-16(18)4-2/h16,18H,3-15H2,1-2H3. The molecule has 0 aromatic carbocycles. The van der Waals surface area contributed by atoms with Crippen molar-refractivity contribution >= 4 is 5.97 Å². The molecule has 1 unspecified atom stereocenters. The first kappa shape index (κ1) is 19.4. The van der Waals surface area contributed by atoms with E-state index in [1.165, 1.54) is 51.4 Å². The number of carbonyl (C=O) groups is 1. The molecule has 0 heterocycles. The second-order valence-corrected chi connectivity index (χ2v) is 5.67. The van der Waals surface area contributed by atoms with Gasteiger partial charge in [-0.15, -0.1) is 0 Å². The summed E-state index contributed by atoms with van der Waals surface area (Å²) in [4.78, 5) is 11.3. The third kappa shape index (κ3) is 13.9. The Hall–Kier alpha value is -0.570. The average Bonchev–Trinajstić information content (AvgIpc) is 2.44.